The number of hydrogen-bond acceptors (Lipinski definition) is 3. The van der Waals surface area contributed by atoms with Crippen LogP contribution in [0.1, 0.15) is 23.2 Å². The summed E-state index contributed by atoms with van der Waals surface area (Å²) in [6.07, 6.45) is 3.31. The molecule has 2 aromatic carbocycles. The van der Waals surface area contributed by atoms with Gasteiger partial charge in [0.25, 0.3) is 0 Å². The van der Waals surface area contributed by atoms with Crippen LogP contribution in [0.3, 0.4) is 0 Å². The molecule has 1 fully saturated rings. The molecule has 6 heteroatoms. The molecule has 0 radical (unpaired) electrons. The minimum absolute atomic E-state index is 0.0684. The standard InChI is InChI=1S/C19H19N5O/c25-19(23-13-17(14-23)24-20-11-12-21-24)22-18(15-7-3-1-4-8-15)16-9-5-2-6-10-16/h1-12,17-18H,13-14H2,(H,22,25). The van der Waals surface area contributed by atoms with Crippen LogP contribution in [0.25, 0.3) is 0 Å². The lowest BCUT2D eigenvalue weighted by molar-refractivity contribution is 0.109. The lowest BCUT2D eigenvalue weighted by Crippen LogP contribution is -2.55. The van der Waals surface area contributed by atoms with Gasteiger partial charge in [-0.05, 0) is 11.1 Å². The van der Waals surface area contributed by atoms with Crippen LogP contribution in [0.4, 0.5) is 4.79 Å². The lowest BCUT2D eigenvalue weighted by atomic mass is 9.99. The van der Waals surface area contributed by atoms with E-state index in [-0.39, 0.29) is 18.1 Å². The van der Waals surface area contributed by atoms with Crippen LogP contribution < -0.4 is 5.32 Å². The van der Waals surface area contributed by atoms with Crippen LogP contribution in [-0.4, -0.2) is 39.0 Å². The predicted octanol–water partition coefficient (Wildman–Crippen LogP) is 2.63. The van der Waals surface area contributed by atoms with Gasteiger partial charge < -0.3 is 10.2 Å². The van der Waals surface area contributed by atoms with Crippen LogP contribution in [-0.2, 0) is 0 Å². The third kappa shape index (κ3) is 3.24. The van der Waals surface area contributed by atoms with Crippen LogP contribution in [0.2, 0.25) is 0 Å². The van der Waals surface area contributed by atoms with E-state index in [1.165, 1.54) is 0 Å². The van der Waals surface area contributed by atoms with Crippen molar-refractivity contribution in [2.24, 2.45) is 0 Å². The number of carbonyl (C=O) groups is 1. The molecule has 0 saturated carbocycles. The van der Waals surface area contributed by atoms with Crippen LogP contribution in [0.5, 0.6) is 0 Å². The summed E-state index contributed by atoms with van der Waals surface area (Å²) in [5.74, 6) is 0. The molecule has 1 aliphatic heterocycles. The molecule has 126 valence electrons. The van der Waals surface area contributed by atoms with Gasteiger partial charge in [0.05, 0.1) is 18.4 Å². The molecule has 2 amide bonds. The molecule has 25 heavy (non-hydrogen) atoms. The Hall–Kier alpha value is -3.15. The molecule has 3 aromatic rings. The predicted molar refractivity (Wildman–Crippen MR) is 93.9 cm³/mol. The first kappa shape index (κ1) is 15.4. The van der Waals surface area contributed by atoms with Crippen molar-refractivity contribution in [2.75, 3.05) is 13.1 Å². The number of carbonyl (C=O) groups excluding carboxylic acids is 1. The zero-order chi connectivity index (χ0) is 17.1. The highest BCUT2D eigenvalue weighted by Gasteiger charge is 2.34. The van der Waals surface area contributed by atoms with Crippen molar-refractivity contribution >= 4 is 6.03 Å². The van der Waals surface area contributed by atoms with Crippen LogP contribution in [0.15, 0.2) is 73.1 Å². The largest absolute Gasteiger partial charge is 0.327 e. The van der Waals surface area contributed by atoms with E-state index < -0.39 is 0 Å². The van der Waals surface area contributed by atoms with Crippen molar-refractivity contribution in [3.05, 3.63) is 84.2 Å². The maximum Gasteiger partial charge on any atom is 0.318 e. The Kier molecular flexibility index (Phi) is 4.16. The van der Waals surface area contributed by atoms with Crippen LogP contribution >= 0.6 is 0 Å². The number of hydrogen-bond donors (Lipinski definition) is 1. The first-order chi connectivity index (χ1) is 12.3. The summed E-state index contributed by atoms with van der Waals surface area (Å²) >= 11 is 0. The quantitative estimate of drug-likeness (QED) is 0.798. The Balaban J connectivity index is 1.47. The number of nitrogens with zero attached hydrogens (tertiary/aromatic N) is 4. The maximum absolute atomic E-state index is 12.7. The Bertz CT molecular complexity index is 774. The number of urea groups is 1. The van der Waals surface area contributed by atoms with Crippen molar-refractivity contribution in [3.8, 4) is 0 Å². The summed E-state index contributed by atoms with van der Waals surface area (Å²) < 4.78 is 0. The molecule has 1 aliphatic rings. The third-order valence-electron chi connectivity index (χ3n) is 4.45. The maximum atomic E-state index is 12.7. The summed E-state index contributed by atoms with van der Waals surface area (Å²) in [7, 11) is 0. The van der Waals surface area contributed by atoms with Gasteiger partial charge in [-0.25, -0.2) is 4.79 Å². The first-order valence-electron chi connectivity index (χ1n) is 8.32. The van der Waals surface area contributed by atoms with Gasteiger partial charge in [-0.1, -0.05) is 60.7 Å². The molecule has 4 rings (SSSR count). The van der Waals surface area contributed by atoms with E-state index >= 15 is 0 Å². The van der Waals surface area contributed by atoms with E-state index in [1.807, 2.05) is 60.7 Å². The second-order valence-electron chi connectivity index (χ2n) is 6.11. The van der Waals surface area contributed by atoms with Gasteiger partial charge in [-0.15, -0.1) is 0 Å². The molecule has 0 spiro atoms. The molecule has 1 N–H and O–H groups in total. The van der Waals surface area contributed by atoms with E-state index in [0.29, 0.717) is 13.1 Å². The Labute approximate surface area is 146 Å². The van der Waals surface area contributed by atoms with E-state index in [4.69, 9.17) is 0 Å². The number of amides is 2. The first-order valence-corrected chi connectivity index (χ1v) is 8.32. The fourth-order valence-corrected chi connectivity index (χ4v) is 3.05. The number of rotatable bonds is 4. The van der Waals surface area contributed by atoms with Gasteiger partial charge in [0.1, 0.15) is 6.04 Å². The van der Waals surface area contributed by atoms with Crippen molar-refractivity contribution in [3.63, 3.8) is 0 Å². The fourth-order valence-electron chi connectivity index (χ4n) is 3.05. The van der Waals surface area contributed by atoms with Crippen molar-refractivity contribution < 1.29 is 4.79 Å². The monoisotopic (exact) mass is 333 g/mol. The fraction of sp³-hybridized carbons (Fsp3) is 0.211. The molecule has 0 bridgehead atoms. The summed E-state index contributed by atoms with van der Waals surface area (Å²) in [5, 5.41) is 11.4. The molecular formula is C19H19N5O. The normalized spacial score (nSPS) is 14.4. The number of benzene rings is 2. The average molecular weight is 333 g/mol. The van der Waals surface area contributed by atoms with E-state index in [0.717, 1.165) is 11.1 Å². The number of likely N-dealkylation sites (tertiary alicyclic amines) is 1. The average Bonchev–Trinajstić information content (AvgIpc) is 3.14. The lowest BCUT2D eigenvalue weighted by Gasteiger charge is -2.39. The minimum Gasteiger partial charge on any atom is -0.327 e. The minimum atomic E-state index is -0.170. The summed E-state index contributed by atoms with van der Waals surface area (Å²) in [6, 6.07) is 20.0. The zero-order valence-corrected chi connectivity index (χ0v) is 13.7. The highest BCUT2D eigenvalue weighted by Crippen LogP contribution is 2.24. The smallest absolute Gasteiger partial charge is 0.318 e. The third-order valence-corrected chi connectivity index (χ3v) is 4.45. The molecule has 0 unspecified atom stereocenters. The topological polar surface area (TPSA) is 63.1 Å². The molecular weight excluding hydrogens is 314 g/mol. The van der Waals surface area contributed by atoms with Gasteiger partial charge in [0.2, 0.25) is 0 Å². The van der Waals surface area contributed by atoms with Gasteiger partial charge in [-0.2, -0.15) is 15.0 Å². The Morgan fingerprint density at radius 2 is 1.44 bits per heavy atom. The molecule has 1 aromatic heterocycles. The molecule has 0 aliphatic carbocycles. The van der Waals surface area contributed by atoms with E-state index in [9.17, 15) is 4.79 Å². The molecule has 0 atom stereocenters. The van der Waals surface area contributed by atoms with E-state index in [1.54, 1.807) is 22.1 Å². The van der Waals surface area contributed by atoms with Gasteiger partial charge >= 0.3 is 6.03 Å². The number of aromatic nitrogens is 3. The highest BCUT2D eigenvalue weighted by atomic mass is 16.2. The van der Waals surface area contributed by atoms with Crippen molar-refractivity contribution in [2.45, 2.75) is 12.1 Å². The second-order valence-corrected chi connectivity index (χ2v) is 6.11. The summed E-state index contributed by atoms with van der Waals surface area (Å²) in [4.78, 5) is 16.1. The van der Waals surface area contributed by atoms with E-state index in [2.05, 4.69) is 15.5 Å². The van der Waals surface area contributed by atoms with Gasteiger partial charge in [0, 0.05) is 13.1 Å². The Morgan fingerprint density at radius 3 is 1.96 bits per heavy atom. The SMILES string of the molecule is O=C(NC(c1ccccc1)c1ccccc1)N1CC(n2nccn2)C1. The molecule has 6 nitrogen and oxygen atoms in total. The van der Waals surface area contributed by atoms with Gasteiger partial charge in [0.15, 0.2) is 0 Å². The number of nitrogens with one attached hydrogen (secondary N) is 1. The van der Waals surface area contributed by atoms with Crippen molar-refractivity contribution in [1.82, 2.24) is 25.2 Å². The zero-order valence-electron chi connectivity index (χ0n) is 13.7. The van der Waals surface area contributed by atoms with Crippen molar-refractivity contribution in [1.29, 1.82) is 0 Å². The summed E-state index contributed by atoms with van der Waals surface area (Å²) in [5.41, 5.74) is 2.13. The Morgan fingerprint density at radius 1 is 0.920 bits per heavy atom. The molecule has 1 saturated heterocycles. The highest BCUT2D eigenvalue weighted by molar-refractivity contribution is 5.76. The van der Waals surface area contributed by atoms with Crippen LogP contribution in [0, 0.1) is 0 Å². The summed E-state index contributed by atoms with van der Waals surface area (Å²) in [6.45, 7) is 1.24. The second kappa shape index (κ2) is 6.76. The van der Waals surface area contributed by atoms with Gasteiger partial charge in [-0.3, -0.25) is 0 Å². The molecule has 2 heterocycles.